The van der Waals surface area contributed by atoms with Gasteiger partial charge in [-0.25, -0.2) is 0 Å². The minimum absolute atomic E-state index is 0.109. The third-order valence-corrected chi connectivity index (χ3v) is 3.69. The molecular formula is C13H13N. The van der Waals surface area contributed by atoms with Gasteiger partial charge < -0.3 is 0 Å². The Morgan fingerprint density at radius 1 is 1.21 bits per heavy atom. The molecule has 0 spiro atoms. The van der Waals surface area contributed by atoms with Crippen molar-refractivity contribution in [3.8, 4) is 6.07 Å². The van der Waals surface area contributed by atoms with Crippen molar-refractivity contribution >= 4 is 0 Å². The van der Waals surface area contributed by atoms with Crippen LogP contribution in [0.1, 0.15) is 24.8 Å². The van der Waals surface area contributed by atoms with Crippen LogP contribution in [0.15, 0.2) is 30.3 Å². The van der Waals surface area contributed by atoms with E-state index in [-0.39, 0.29) is 5.41 Å². The summed E-state index contributed by atoms with van der Waals surface area (Å²) in [6.45, 7) is 0. The van der Waals surface area contributed by atoms with Gasteiger partial charge >= 0.3 is 0 Å². The van der Waals surface area contributed by atoms with E-state index in [2.05, 4.69) is 18.2 Å². The Hall–Kier alpha value is -1.29. The number of hydrogen-bond acceptors (Lipinski definition) is 1. The largest absolute Gasteiger partial charge is 0.197 e. The van der Waals surface area contributed by atoms with Gasteiger partial charge in [0.1, 0.15) is 0 Å². The van der Waals surface area contributed by atoms with Crippen LogP contribution in [0.5, 0.6) is 0 Å². The summed E-state index contributed by atoms with van der Waals surface area (Å²) in [5.41, 5.74) is 1.13. The van der Waals surface area contributed by atoms with Gasteiger partial charge in [0.2, 0.25) is 0 Å². The van der Waals surface area contributed by atoms with Crippen molar-refractivity contribution in [2.75, 3.05) is 0 Å². The van der Waals surface area contributed by atoms with Gasteiger partial charge in [-0.15, -0.1) is 0 Å². The highest BCUT2D eigenvalue weighted by Gasteiger charge is 2.61. The van der Waals surface area contributed by atoms with E-state index in [1.165, 1.54) is 18.4 Å². The fourth-order valence-electron chi connectivity index (χ4n) is 2.62. The Kier molecular flexibility index (Phi) is 1.50. The van der Waals surface area contributed by atoms with Crippen LogP contribution in [-0.2, 0) is 5.41 Å². The smallest absolute Gasteiger partial charge is 0.0857 e. The fourth-order valence-corrected chi connectivity index (χ4v) is 2.62. The summed E-state index contributed by atoms with van der Waals surface area (Å²) >= 11 is 0. The zero-order chi connectivity index (χ0) is 9.60. The molecule has 2 unspecified atom stereocenters. The molecule has 0 N–H and O–H groups in total. The van der Waals surface area contributed by atoms with E-state index in [0.29, 0.717) is 5.92 Å². The number of nitrogens with zero attached hydrogens (tertiary/aromatic N) is 1. The number of nitriles is 1. The maximum absolute atomic E-state index is 9.31. The van der Waals surface area contributed by atoms with Gasteiger partial charge in [0.05, 0.1) is 11.5 Å². The minimum Gasteiger partial charge on any atom is -0.197 e. The van der Waals surface area contributed by atoms with Crippen LogP contribution in [0.4, 0.5) is 0 Å². The van der Waals surface area contributed by atoms with Crippen molar-refractivity contribution in [1.82, 2.24) is 0 Å². The van der Waals surface area contributed by atoms with Gasteiger partial charge in [-0.1, -0.05) is 30.3 Å². The van der Waals surface area contributed by atoms with Crippen LogP contribution in [0.25, 0.3) is 0 Å². The highest BCUT2D eigenvalue weighted by molar-refractivity contribution is 5.42. The van der Waals surface area contributed by atoms with Crippen LogP contribution >= 0.6 is 0 Å². The molecule has 2 aliphatic rings. The maximum atomic E-state index is 9.31. The standard InChI is InChI=1S/C13H13N/c14-9-13(8-12(13)10-6-7-10)11-4-2-1-3-5-11/h1-5,10,12H,6-8H2. The van der Waals surface area contributed by atoms with E-state index < -0.39 is 0 Å². The van der Waals surface area contributed by atoms with E-state index in [4.69, 9.17) is 0 Å². The molecule has 0 bridgehead atoms. The first kappa shape index (κ1) is 8.05. The van der Waals surface area contributed by atoms with Crippen molar-refractivity contribution < 1.29 is 0 Å². The lowest BCUT2D eigenvalue weighted by Gasteiger charge is -2.07. The monoisotopic (exact) mass is 183 g/mol. The molecule has 0 aromatic heterocycles. The van der Waals surface area contributed by atoms with E-state index >= 15 is 0 Å². The summed E-state index contributed by atoms with van der Waals surface area (Å²) in [5, 5.41) is 9.31. The summed E-state index contributed by atoms with van der Waals surface area (Å²) in [7, 11) is 0. The average molecular weight is 183 g/mol. The van der Waals surface area contributed by atoms with Crippen molar-refractivity contribution in [2.24, 2.45) is 11.8 Å². The molecule has 1 aromatic carbocycles. The van der Waals surface area contributed by atoms with Crippen LogP contribution in [-0.4, -0.2) is 0 Å². The third kappa shape index (κ3) is 1.00. The minimum atomic E-state index is -0.109. The second-order valence-corrected chi connectivity index (χ2v) is 4.60. The first-order chi connectivity index (χ1) is 6.87. The molecule has 0 saturated heterocycles. The molecule has 2 saturated carbocycles. The van der Waals surface area contributed by atoms with Gasteiger partial charge in [-0.2, -0.15) is 5.26 Å². The zero-order valence-corrected chi connectivity index (χ0v) is 8.11. The predicted octanol–water partition coefficient (Wildman–Crippen LogP) is 2.88. The lowest BCUT2D eigenvalue weighted by Crippen LogP contribution is -2.07. The first-order valence-corrected chi connectivity index (χ1v) is 5.33. The number of hydrogen-bond donors (Lipinski definition) is 0. The second kappa shape index (κ2) is 2.60. The highest BCUT2D eigenvalue weighted by Crippen LogP contribution is 2.63. The second-order valence-electron chi connectivity index (χ2n) is 4.60. The molecule has 2 atom stereocenters. The normalized spacial score (nSPS) is 34.9. The maximum Gasteiger partial charge on any atom is 0.0857 e. The molecule has 1 aromatic rings. The van der Waals surface area contributed by atoms with Crippen LogP contribution < -0.4 is 0 Å². The highest BCUT2D eigenvalue weighted by atomic mass is 14.6. The molecule has 1 nitrogen and oxygen atoms in total. The molecule has 0 radical (unpaired) electrons. The fraction of sp³-hybridized carbons (Fsp3) is 0.462. The molecular weight excluding hydrogens is 170 g/mol. The Balaban J connectivity index is 1.93. The van der Waals surface area contributed by atoms with Crippen molar-refractivity contribution in [1.29, 1.82) is 5.26 Å². The summed E-state index contributed by atoms with van der Waals surface area (Å²) in [5.74, 6) is 1.52. The SMILES string of the molecule is N#CC1(c2ccccc2)CC1C1CC1. The molecule has 14 heavy (non-hydrogen) atoms. The Morgan fingerprint density at radius 3 is 2.50 bits per heavy atom. The van der Waals surface area contributed by atoms with Crippen LogP contribution in [0, 0.1) is 23.2 Å². The van der Waals surface area contributed by atoms with E-state index in [1.54, 1.807) is 0 Å². The summed E-state index contributed by atoms with van der Waals surface area (Å²) < 4.78 is 0. The quantitative estimate of drug-likeness (QED) is 0.691. The molecule has 0 aliphatic heterocycles. The van der Waals surface area contributed by atoms with Crippen molar-refractivity contribution in [3.63, 3.8) is 0 Å². The third-order valence-electron chi connectivity index (χ3n) is 3.69. The first-order valence-electron chi connectivity index (χ1n) is 5.33. The summed E-state index contributed by atoms with van der Waals surface area (Å²) in [4.78, 5) is 0. The van der Waals surface area contributed by atoms with Gasteiger partial charge in [-0.05, 0) is 36.7 Å². The molecule has 2 aliphatic carbocycles. The van der Waals surface area contributed by atoms with Gasteiger partial charge in [0.15, 0.2) is 0 Å². The lowest BCUT2D eigenvalue weighted by atomic mass is 9.93. The van der Waals surface area contributed by atoms with Crippen LogP contribution in [0.3, 0.4) is 0 Å². The molecule has 3 rings (SSSR count). The number of rotatable bonds is 2. The summed E-state index contributed by atoms with van der Waals surface area (Å²) in [6.07, 6.45) is 3.79. The Bertz CT molecular complexity index is 385. The van der Waals surface area contributed by atoms with E-state index in [0.717, 1.165) is 12.3 Å². The van der Waals surface area contributed by atoms with Crippen molar-refractivity contribution in [3.05, 3.63) is 35.9 Å². The topological polar surface area (TPSA) is 23.8 Å². The van der Waals surface area contributed by atoms with Gasteiger partial charge in [0.25, 0.3) is 0 Å². The molecule has 0 amide bonds. The Labute approximate surface area is 84.4 Å². The molecule has 2 fully saturated rings. The predicted molar refractivity (Wildman–Crippen MR) is 54.6 cm³/mol. The van der Waals surface area contributed by atoms with Crippen molar-refractivity contribution in [2.45, 2.75) is 24.7 Å². The molecule has 1 heteroatoms. The lowest BCUT2D eigenvalue weighted by molar-refractivity contribution is 0.641. The molecule has 0 heterocycles. The summed E-state index contributed by atoms with van der Waals surface area (Å²) in [6, 6.07) is 12.8. The Morgan fingerprint density at radius 2 is 1.93 bits per heavy atom. The van der Waals surface area contributed by atoms with Crippen LogP contribution in [0.2, 0.25) is 0 Å². The zero-order valence-electron chi connectivity index (χ0n) is 8.11. The number of benzene rings is 1. The van der Waals surface area contributed by atoms with Gasteiger partial charge in [0, 0.05) is 0 Å². The van der Waals surface area contributed by atoms with Gasteiger partial charge in [-0.3, -0.25) is 0 Å². The average Bonchev–Trinajstić information content (AvgIpc) is 3.12. The van der Waals surface area contributed by atoms with E-state index in [1.807, 2.05) is 18.2 Å². The van der Waals surface area contributed by atoms with E-state index in [9.17, 15) is 5.26 Å². The molecule has 70 valence electrons.